The van der Waals surface area contributed by atoms with E-state index in [9.17, 15) is 14.4 Å². The van der Waals surface area contributed by atoms with Gasteiger partial charge >= 0.3 is 13.3 Å². The number of carbonyl (C=O) groups is 1. The molecule has 0 saturated carbocycles. The lowest BCUT2D eigenvalue weighted by Crippen LogP contribution is -2.68. The van der Waals surface area contributed by atoms with Gasteiger partial charge in [-0.2, -0.15) is 0 Å². The smallest absolute Gasteiger partial charge is 0.330 e. The van der Waals surface area contributed by atoms with Crippen molar-refractivity contribution in [2.45, 2.75) is 88.0 Å². The zero-order chi connectivity index (χ0) is 60.2. The first-order valence-electron chi connectivity index (χ1n) is 28.3. The van der Waals surface area contributed by atoms with Gasteiger partial charge in [-0.1, -0.05) is 154 Å². The van der Waals surface area contributed by atoms with Crippen molar-refractivity contribution in [3.8, 4) is 11.5 Å². The van der Waals surface area contributed by atoms with Crippen LogP contribution in [0.25, 0.3) is 11.2 Å². The van der Waals surface area contributed by atoms with Crippen molar-refractivity contribution < 1.29 is 46.5 Å². The number of nitrogens with zero attached hydrogens (tertiary/aromatic N) is 5. The second-order valence-electron chi connectivity index (χ2n) is 22.4. The summed E-state index contributed by atoms with van der Waals surface area (Å²) in [5.74, 6) is 1.15. The first-order chi connectivity index (χ1) is 41.5. The maximum Gasteiger partial charge on any atom is 0.330 e. The van der Waals surface area contributed by atoms with E-state index >= 15 is 4.57 Å². The number of methoxy groups -OCH3 is 2. The lowest BCUT2D eigenvalue weighted by molar-refractivity contribution is -0.0932. The molecule has 86 heavy (non-hydrogen) atoms. The van der Waals surface area contributed by atoms with E-state index in [1.54, 1.807) is 56.3 Å². The molecule has 2 N–H and O–H groups in total. The number of rotatable bonds is 21. The maximum atomic E-state index is 15.3. The number of benzene rings is 6. The highest BCUT2D eigenvalue weighted by Crippen LogP contribution is 2.51. The van der Waals surface area contributed by atoms with Gasteiger partial charge in [0.1, 0.15) is 48.1 Å². The standard InChI is InChI=1S/C65H68N7O12PSi/c1-43-38-71(63(75)70-61(43)73)56-36-52(54(81-56)39-79-65(45-22-14-9-15-23-45,46-28-32-48(77-5)33-29-46)47-30-34-49(78-6)35-31-47)83-85(7,76)80-40-55-53(84-86(64(2,3)4,50-24-16-10-17-25-50)51-26-18-11-19-27-51)37-57(82-55)72-42-68-58-59(66-41-67-60(58)72)69-62(74)44-20-12-8-13-21-44/h8-35,38,41-42,52-57H,36-37,39-40H2,1-7H3,(H,70,73,75)(H,66,67,69,74)/t52-,53-,54+,55+,56+,57+,85?/m0/s1. The molecule has 5 heterocycles. The van der Waals surface area contributed by atoms with Crippen LogP contribution >= 0.6 is 7.60 Å². The molecule has 2 aliphatic heterocycles. The maximum absolute atomic E-state index is 15.3. The molecule has 6 aromatic carbocycles. The second kappa shape index (κ2) is 25.0. The topological polar surface area (TPSA) is 218 Å². The predicted octanol–water partition coefficient (Wildman–Crippen LogP) is 9.71. The van der Waals surface area contributed by atoms with Gasteiger partial charge in [0.25, 0.3) is 19.8 Å². The Hall–Kier alpha value is -8.17. The molecule has 444 valence electrons. The molecular weight excluding hydrogens is 1130 g/mol. The Labute approximate surface area is 498 Å². The highest BCUT2D eigenvalue weighted by Gasteiger charge is 2.54. The Bertz CT molecular complexity index is 3880. The normalized spacial score (nSPS) is 19.7. The number of ether oxygens (including phenoxy) is 5. The van der Waals surface area contributed by atoms with Crippen LogP contribution in [0.3, 0.4) is 0 Å². The zero-order valence-corrected chi connectivity index (χ0v) is 50.7. The number of amides is 1. The molecule has 0 bridgehead atoms. The third-order valence-corrected chi connectivity index (χ3v) is 22.3. The summed E-state index contributed by atoms with van der Waals surface area (Å²) in [6, 6.07) is 54.2. The summed E-state index contributed by atoms with van der Waals surface area (Å²) in [6.45, 7) is 9.15. The van der Waals surface area contributed by atoms with E-state index < -0.39 is 74.7 Å². The third-order valence-electron chi connectivity index (χ3n) is 15.9. The summed E-state index contributed by atoms with van der Waals surface area (Å²) in [7, 11) is -4.22. The van der Waals surface area contributed by atoms with Crippen LogP contribution in [0, 0.1) is 6.92 Å². The third kappa shape index (κ3) is 12.0. The largest absolute Gasteiger partial charge is 0.497 e. The van der Waals surface area contributed by atoms with Gasteiger partial charge in [-0.15, -0.1) is 0 Å². The number of fused-ring (bicyclic) bond motifs is 1. The molecule has 0 radical (unpaired) electrons. The molecule has 1 amide bonds. The highest BCUT2D eigenvalue weighted by atomic mass is 31.2. The van der Waals surface area contributed by atoms with Crippen LogP contribution in [0.2, 0.25) is 5.04 Å². The van der Waals surface area contributed by atoms with Gasteiger partial charge in [0.05, 0.1) is 46.0 Å². The van der Waals surface area contributed by atoms with Crippen LogP contribution in [-0.2, 0) is 37.9 Å². The molecule has 2 fully saturated rings. The molecule has 2 saturated heterocycles. The van der Waals surface area contributed by atoms with Crippen molar-refractivity contribution in [3.05, 3.63) is 237 Å². The van der Waals surface area contributed by atoms with Crippen LogP contribution in [-0.4, -0.2) is 102 Å². The minimum atomic E-state index is -4.14. The lowest BCUT2D eigenvalue weighted by atomic mass is 9.80. The average molecular weight is 1200 g/mol. The molecule has 19 nitrogen and oxygen atoms in total. The Morgan fingerprint density at radius 3 is 1.78 bits per heavy atom. The fraction of sp³-hybridized carbons (Fsp3) is 0.292. The van der Waals surface area contributed by atoms with Gasteiger partial charge in [-0.3, -0.25) is 28.3 Å². The van der Waals surface area contributed by atoms with Crippen LogP contribution in [0.4, 0.5) is 5.82 Å². The molecule has 1 unspecified atom stereocenters. The Morgan fingerprint density at radius 2 is 1.21 bits per heavy atom. The number of anilines is 1. The van der Waals surface area contributed by atoms with Crippen molar-refractivity contribution in [3.63, 3.8) is 0 Å². The highest BCUT2D eigenvalue weighted by molar-refractivity contribution is 7.53. The number of hydrogen-bond donors (Lipinski definition) is 2. The van der Waals surface area contributed by atoms with E-state index in [4.69, 9.17) is 42.1 Å². The zero-order valence-electron chi connectivity index (χ0n) is 48.8. The Morgan fingerprint density at radius 1 is 0.686 bits per heavy atom. The van der Waals surface area contributed by atoms with Gasteiger partial charge in [0, 0.05) is 36.8 Å². The van der Waals surface area contributed by atoms with Gasteiger partial charge in [-0.25, -0.2) is 19.7 Å². The quantitative estimate of drug-likeness (QED) is 0.0389. The molecule has 21 heteroatoms. The fourth-order valence-electron chi connectivity index (χ4n) is 11.7. The van der Waals surface area contributed by atoms with Crippen molar-refractivity contribution in [2.24, 2.45) is 0 Å². The van der Waals surface area contributed by atoms with E-state index in [-0.39, 0.29) is 43.3 Å². The van der Waals surface area contributed by atoms with E-state index in [0.717, 1.165) is 27.1 Å². The second-order valence-corrected chi connectivity index (χ2v) is 28.7. The molecule has 3 aromatic heterocycles. The molecule has 2 aliphatic rings. The molecule has 9 aromatic rings. The monoisotopic (exact) mass is 1200 g/mol. The van der Waals surface area contributed by atoms with E-state index in [2.05, 4.69) is 65.3 Å². The molecule has 11 rings (SSSR count). The number of nitrogens with one attached hydrogen (secondary N) is 2. The number of aryl methyl sites for hydroxylation is 1. The van der Waals surface area contributed by atoms with Gasteiger partial charge in [0.2, 0.25) is 0 Å². The van der Waals surface area contributed by atoms with Crippen LogP contribution in [0.15, 0.2) is 198 Å². The van der Waals surface area contributed by atoms with E-state index in [1.165, 1.54) is 23.8 Å². The Kier molecular flexibility index (Phi) is 17.3. The number of imidazole rings is 1. The number of aromatic nitrogens is 6. The molecule has 0 spiro atoms. The molecule has 7 atom stereocenters. The summed E-state index contributed by atoms with van der Waals surface area (Å²) in [5.41, 5.74) is 1.28. The fourth-order valence-corrected chi connectivity index (χ4v) is 17.6. The number of aromatic amines is 1. The Balaban J connectivity index is 0.933. The number of carbonyl (C=O) groups excluding carboxylic acids is 1. The molecular formula is C65H68N7O12PSi. The summed E-state index contributed by atoms with van der Waals surface area (Å²) in [6.07, 6.45) is -0.566. The minimum Gasteiger partial charge on any atom is -0.497 e. The van der Waals surface area contributed by atoms with Crippen molar-refractivity contribution >= 4 is 49.2 Å². The summed E-state index contributed by atoms with van der Waals surface area (Å²) >= 11 is 0. The van der Waals surface area contributed by atoms with Gasteiger partial charge in [0.15, 0.2) is 17.0 Å². The van der Waals surface area contributed by atoms with E-state index in [1.807, 2.05) is 121 Å². The number of H-pyrrole nitrogens is 1. The lowest BCUT2D eigenvalue weighted by Gasteiger charge is -2.45. The average Bonchev–Trinajstić information content (AvgIpc) is 1.17. The summed E-state index contributed by atoms with van der Waals surface area (Å²) in [4.78, 5) is 55.8. The van der Waals surface area contributed by atoms with Gasteiger partial charge in [-0.05, 0) is 75.4 Å². The van der Waals surface area contributed by atoms with Crippen molar-refractivity contribution in [1.29, 1.82) is 0 Å². The first-order valence-corrected chi connectivity index (χ1v) is 32.2. The summed E-state index contributed by atoms with van der Waals surface area (Å²) in [5, 5.41) is 4.54. The van der Waals surface area contributed by atoms with Crippen molar-refractivity contribution in [2.75, 3.05) is 39.4 Å². The SMILES string of the molecule is COc1ccc(C(OC[C@H]2O[C@@H](n3cc(C)c(=O)[nH]c3=O)C[C@@H]2OP(C)(=O)OC[C@H]2O[C@@H](n3cnc4c(NC(=O)c5ccccc5)ncnc43)C[C@@H]2O[Si](c2ccccc2)(c2ccccc2)C(C)(C)C)(c2ccccc2)c2ccc(OC)cc2)cc1. The minimum absolute atomic E-state index is 0.00889. The van der Waals surface area contributed by atoms with Crippen LogP contribution < -0.4 is 36.4 Å². The van der Waals surface area contributed by atoms with Crippen molar-refractivity contribution in [1.82, 2.24) is 29.1 Å². The van der Waals surface area contributed by atoms with Gasteiger partial charge < -0.3 is 42.5 Å². The van der Waals surface area contributed by atoms with E-state index in [0.29, 0.717) is 28.2 Å². The number of hydrogen-bond acceptors (Lipinski definition) is 15. The van der Waals surface area contributed by atoms with Crippen LogP contribution in [0.5, 0.6) is 11.5 Å². The predicted molar refractivity (Wildman–Crippen MR) is 328 cm³/mol. The first kappa shape index (κ1) is 59.6. The summed E-state index contributed by atoms with van der Waals surface area (Å²) < 4.78 is 71.7. The molecule has 0 aliphatic carbocycles. The van der Waals surface area contributed by atoms with Crippen LogP contribution in [0.1, 0.15) is 78.7 Å².